The van der Waals surface area contributed by atoms with Crippen molar-refractivity contribution in [1.29, 1.82) is 0 Å². The molecule has 4 rings (SSSR count). The molecule has 15 heteroatoms. The van der Waals surface area contributed by atoms with Crippen LogP contribution in [0.2, 0.25) is 0 Å². The fraction of sp³-hybridized carbons (Fsp3) is 0.818. The summed E-state index contributed by atoms with van der Waals surface area (Å²) in [7, 11) is 0. The Labute approximate surface area is 214 Å². The van der Waals surface area contributed by atoms with Crippen molar-refractivity contribution in [3.8, 4) is 0 Å². The van der Waals surface area contributed by atoms with Gasteiger partial charge in [-0.25, -0.2) is 9.36 Å². The number of nitrogens with zero attached hydrogens (tertiary/aromatic N) is 6. The van der Waals surface area contributed by atoms with Crippen molar-refractivity contribution in [2.24, 2.45) is 0 Å². The van der Waals surface area contributed by atoms with Gasteiger partial charge in [-0.05, 0) is 13.8 Å². The highest BCUT2D eigenvalue weighted by Crippen LogP contribution is 2.26. The molecule has 2 aliphatic rings. The maximum atomic E-state index is 10.1. The maximum Gasteiger partial charge on any atom is 0.102 e. The minimum absolute atomic E-state index is 0.212. The van der Waals surface area contributed by atoms with Gasteiger partial charge in [0.15, 0.2) is 0 Å². The number of aliphatic hydroxyl groups excluding tert-OH is 4. The van der Waals surface area contributed by atoms with Gasteiger partial charge in [-0.15, -0.1) is 10.2 Å². The largest absolute Gasteiger partial charge is 0.389 e. The summed E-state index contributed by atoms with van der Waals surface area (Å²) in [5.74, 6) is 0. The van der Waals surface area contributed by atoms with E-state index in [1.54, 1.807) is 21.8 Å². The van der Waals surface area contributed by atoms with Gasteiger partial charge < -0.3 is 45.3 Å². The molecule has 0 bridgehead atoms. The second-order valence-electron chi connectivity index (χ2n) is 9.48. The fourth-order valence-corrected chi connectivity index (χ4v) is 4.46. The molecule has 8 atom stereocenters. The smallest absolute Gasteiger partial charge is 0.102 e. The highest BCUT2D eigenvalue weighted by atomic mass is 16.5. The van der Waals surface area contributed by atoms with E-state index in [-0.39, 0.29) is 12.1 Å². The third-order valence-corrected chi connectivity index (χ3v) is 6.72. The molecule has 0 radical (unpaired) electrons. The van der Waals surface area contributed by atoms with E-state index in [1.165, 1.54) is 0 Å². The zero-order valence-corrected chi connectivity index (χ0v) is 21.1. The standard InChI is InChI=1S/C22H38N8O7/c1-13-19(31)21(33)17(23-13)15-11-29(27-25-15)3-5-35-7-9-37-10-8-36-6-4-30-12-16(26-28-30)18-22(34)20(32)14(2)24-18/h11-14,17-24,31-34H,3-10H2,1-2H3/t13-,14-,17-,18-,19+,20+,21-,22-/m0/s1. The number of hydrogen-bond donors (Lipinski definition) is 6. The summed E-state index contributed by atoms with van der Waals surface area (Å²) < 4.78 is 19.9. The zero-order chi connectivity index (χ0) is 26.4. The molecule has 0 unspecified atom stereocenters. The van der Waals surface area contributed by atoms with Crippen molar-refractivity contribution in [3.05, 3.63) is 23.8 Å². The first-order valence-corrected chi connectivity index (χ1v) is 12.6. The first-order chi connectivity index (χ1) is 17.8. The zero-order valence-electron chi connectivity index (χ0n) is 21.1. The summed E-state index contributed by atoms with van der Waals surface area (Å²) >= 11 is 0. The van der Waals surface area contributed by atoms with E-state index < -0.39 is 36.5 Å². The summed E-state index contributed by atoms with van der Waals surface area (Å²) in [6.07, 6.45) is -0.0162. The molecule has 2 fully saturated rings. The van der Waals surface area contributed by atoms with Gasteiger partial charge in [0.1, 0.15) is 23.6 Å². The maximum absolute atomic E-state index is 10.1. The third kappa shape index (κ3) is 7.07. The number of ether oxygens (including phenoxy) is 3. The Morgan fingerprint density at radius 3 is 1.38 bits per heavy atom. The van der Waals surface area contributed by atoms with E-state index in [0.717, 1.165) is 0 Å². The average molecular weight is 527 g/mol. The minimum atomic E-state index is -0.915. The summed E-state index contributed by atoms with van der Waals surface area (Å²) in [4.78, 5) is 0. The summed E-state index contributed by atoms with van der Waals surface area (Å²) in [6.45, 7) is 7.26. The van der Waals surface area contributed by atoms with E-state index in [4.69, 9.17) is 14.2 Å². The van der Waals surface area contributed by atoms with E-state index in [1.807, 2.05) is 13.8 Å². The van der Waals surface area contributed by atoms with Gasteiger partial charge in [0, 0.05) is 12.1 Å². The molecule has 2 aromatic heterocycles. The van der Waals surface area contributed by atoms with Crippen molar-refractivity contribution in [2.45, 2.75) is 75.5 Å². The lowest BCUT2D eigenvalue weighted by Gasteiger charge is -2.12. The number of rotatable bonds is 14. The van der Waals surface area contributed by atoms with Crippen molar-refractivity contribution in [2.75, 3.05) is 39.6 Å². The van der Waals surface area contributed by atoms with Crippen molar-refractivity contribution >= 4 is 0 Å². The van der Waals surface area contributed by atoms with Gasteiger partial charge in [0.25, 0.3) is 0 Å². The van der Waals surface area contributed by atoms with Crippen LogP contribution in [-0.4, -0.2) is 127 Å². The van der Waals surface area contributed by atoms with Crippen molar-refractivity contribution in [3.63, 3.8) is 0 Å². The molecule has 208 valence electrons. The fourth-order valence-electron chi connectivity index (χ4n) is 4.46. The molecule has 37 heavy (non-hydrogen) atoms. The predicted octanol–water partition coefficient (Wildman–Crippen LogP) is -2.87. The number of aromatic nitrogens is 6. The molecule has 4 heterocycles. The lowest BCUT2D eigenvalue weighted by molar-refractivity contribution is 0.0110. The molecule has 0 aliphatic carbocycles. The molecule has 2 aromatic rings. The average Bonchev–Trinajstić information content (AvgIpc) is 3.65. The van der Waals surface area contributed by atoms with Crippen LogP contribution < -0.4 is 10.6 Å². The van der Waals surface area contributed by atoms with Gasteiger partial charge >= 0.3 is 0 Å². The van der Waals surface area contributed by atoms with E-state index >= 15 is 0 Å². The van der Waals surface area contributed by atoms with Crippen LogP contribution in [0.1, 0.15) is 37.3 Å². The van der Waals surface area contributed by atoms with Gasteiger partial charge in [-0.2, -0.15) is 0 Å². The van der Waals surface area contributed by atoms with Crippen LogP contribution in [-0.2, 0) is 27.3 Å². The predicted molar refractivity (Wildman–Crippen MR) is 127 cm³/mol. The minimum Gasteiger partial charge on any atom is -0.389 e. The summed E-state index contributed by atoms with van der Waals surface area (Å²) in [5.41, 5.74) is 1.17. The first kappa shape index (κ1) is 27.9. The monoisotopic (exact) mass is 526 g/mol. The van der Waals surface area contributed by atoms with Crippen LogP contribution in [0, 0.1) is 0 Å². The van der Waals surface area contributed by atoms with Crippen LogP contribution in [0.3, 0.4) is 0 Å². The lowest BCUT2D eigenvalue weighted by atomic mass is 10.1. The van der Waals surface area contributed by atoms with E-state index in [2.05, 4.69) is 31.3 Å². The highest BCUT2D eigenvalue weighted by molar-refractivity contribution is 5.11. The molecule has 6 N–H and O–H groups in total. The van der Waals surface area contributed by atoms with Crippen molar-refractivity contribution in [1.82, 2.24) is 40.6 Å². The Morgan fingerprint density at radius 1 is 0.649 bits per heavy atom. The third-order valence-electron chi connectivity index (χ3n) is 6.72. The van der Waals surface area contributed by atoms with Gasteiger partial charge in [-0.1, -0.05) is 10.4 Å². The molecule has 0 aromatic carbocycles. The van der Waals surface area contributed by atoms with Gasteiger partial charge in [-0.3, -0.25) is 0 Å². The van der Waals surface area contributed by atoms with Crippen LogP contribution in [0.4, 0.5) is 0 Å². The molecular formula is C22H38N8O7. The normalized spacial score (nSPS) is 31.9. The quantitative estimate of drug-likeness (QED) is 0.138. The lowest BCUT2D eigenvalue weighted by Crippen LogP contribution is -2.29. The van der Waals surface area contributed by atoms with Crippen molar-refractivity contribution < 1.29 is 34.6 Å². The Balaban J connectivity index is 0.997. The van der Waals surface area contributed by atoms with Crippen LogP contribution in [0.5, 0.6) is 0 Å². The highest BCUT2D eigenvalue weighted by Gasteiger charge is 2.41. The summed E-state index contributed by atoms with van der Waals surface area (Å²) in [6, 6.07) is -1.30. The Kier molecular flexibility index (Phi) is 9.91. The molecule has 0 saturated carbocycles. The molecule has 2 saturated heterocycles. The Bertz CT molecular complexity index is 887. The topological polar surface area (TPSA) is 194 Å². The van der Waals surface area contributed by atoms with Crippen LogP contribution in [0.15, 0.2) is 12.4 Å². The SMILES string of the molecule is C[C@@H]1N[C@@H](c2cn(CCOCCOCCOCCn3cc([C@@H]4N[C@@H](C)[C@@H](O)[C@H]4O)nn3)nn2)[C@H](O)[C@@H]1O. The number of aliphatic hydroxyl groups is 4. The molecule has 0 amide bonds. The van der Waals surface area contributed by atoms with Crippen LogP contribution in [0.25, 0.3) is 0 Å². The second-order valence-corrected chi connectivity index (χ2v) is 9.48. The summed E-state index contributed by atoms with van der Waals surface area (Å²) in [5, 5.41) is 62.5. The molecule has 2 aliphatic heterocycles. The first-order valence-electron chi connectivity index (χ1n) is 12.6. The molecule has 15 nitrogen and oxygen atoms in total. The molecule has 0 spiro atoms. The Hall–Kier alpha value is -2.08. The number of hydrogen-bond acceptors (Lipinski definition) is 13. The Morgan fingerprint density at radius 2 is 1.03 bits per heavy atom. The van der Waals surface area contributed by atoms with Crippen LogP contribution >= 0.6 is 0 Å². The van der Waals surface area contributed by atoms with Gasteiger partial charge in [0.05, 0.1) is 89.4 Å². The second kappa shape index (κ2) is 13.1. The van der Waals surface area contributed by atoms with Gasteiger partial charge in [0.2, 0.25) is 0 Å². The van der Waals surface area contributed by atoms with E-state index in [9.17, 15) is 20.4 Å². The van der Waals surface area contributed by atoms with E-state index in [0.29, 0.717) is 64.1 Å². The number of nitrogens with one attached hydrogen (secondary N) is 2. The molecular weight excluding hydrogens is 488 g/mol.